The third-order valence-corrected chi connectivity index (χ3v) is 4.86. The maximum Gasteiger partial charge on any atom is 0.230 e. The van der Waals surface area contributed by atoms with Crippen molar-refractivity contribution in [1.29, 1.82) is 0 Å². The average molecular weight is 296 g/mol. The van der Waals surface area contributed by atoms with Crippen molar-refractivity contribution in [2.24, 2.45) is 0 Å². The highest BCUT2D eigenvalue weighted by molar-refractivity contribution is 8.01. The SMILES string of the molecule is CC[C@@H](CO)NC(=O)CSc1nc2ccccc2s1. The van der Waals surface area contributed by atoms with Gasteiger partial charge < -0.3 is 10.4 Å². The van der Waals surface area contributed by atoms with Crippen LogP contribution in [-0.4, -0.2) is 34.4 Å². The Hall–Kier alpha value is -1.11. The van der Waals surface area contributed by atoms with E-state index < -0.39 is 0 Å². The summed E-state index contributed by atoms with van der Waals surface area (Å²) in [5.74, 6) is 0.265. The molecule has 1 atom stereocenters. The molecule has 4 nitrogen and oxygen atoms in total. The number of rotatable bonds is 6. The summed E-state index contributed by atoms with van der Waals surface area (Å²) in [5, 5.41) is 11.8. The number of carbonyl (C=O) groups excluding carboxylic acids is 1. The second-order valence-corrected chi connectivity index (χ2v) is 6.34. The molecule has 1 amide bonds. The Labute approximate surface area is 120 Å². The normalized spacial score (nSPS) is 12.5. The van der Waals surface area contributed by atoms with E-state index in [4.69, 9.17) is 5.11 Å². The minimum atomic E-state index is -0.150. The van der Waals surface area contributed by atoms with Gasteiger partial charge in [0.05, 0.1) is 28.6 Å². The van der Waals surface area contributed by atoms with Crippen LogP contribution in [0.15, 0.2) is 28.6 Å². The van der Waals surface area contributed by atoms with E-state index in [9.17, 15) is 4.79 Å². The number of hydrogen-bond donors (Lipinski definition) is 2. The molecule has 0 aliphatic heterocycles. The summed E-state index contributed by atoms with van der Waals surface area (Å²) in [4.78, 5) is 16.1. The van der Waals surface area contributed by atoms with Crippen molar-refractivity contribution in [3.63, 3.8) is 0 Å². The van der Waals surface area contributed by atoms with Crippen LogP contribution in [0.2, 0.25) is 0 Å². The van der Waals surface area contributed by atoms with E-state index in [0.717, 1.165) is 21.0 Å². The van der Waals surface area contributed by atoms with Crippen molar-refractivity contribution >= 4 is 39.2 Å². The number of nitrogens with one attached hydrogen (secondary N) is 1. The van der Waals surface area contributed by atoms with Gasteiger partial charge in [0.25, 0.3) is 0 Å². The second kappa shape index (κ2) is 6.88. The monoisotopic (exact) mass is 296 g/mol. The molecular weight excluding hydrogens is 280 g/mol. The number of aliphatic hydroxyl groups is 1. The van der Waals surface area contributed by atoms with E-state index in [-0.39, 0.29) is 18.6 Å². The Kier molecular flexibility index (Phi) is 5.18. The fourth-order valence-corrected chi connectivity index (χ4v) is 3.47. The lowest BCUT2D eigenvalue weighted by Gasteiger charge is -2.13. The molecule has 0 saturated carbocycles. The first kappa shape index (κ1) is 14.3. The first-order chi connectivity index (χ1) is 9.22. The van der Waals surface area contributed by atoms with E-state index in [1.54, 1.807) is 11.3 Å². The Balaban J connectivity index is 1.89. The summed E-state index contributed by atoms with van der Waals surface area (Å²) in [6.45, 7) is 1.91. The van der Waals surface area contributed by atoms with Gasteiger partial charge in [0, 0.05) is 0 Å². The number of thioether (sulfide) groups is 1. The summed E-state index contributed by atoms with van der Waals surface area (Å²) in [5.41, 5.74) is 0.970. The molecule has 0 fully saturated rings. The maximum absolute atomic E-state index is 11.7. The van der Waals surface area contributed by atoms with E-state index in [1.165, 1.54) is 11.8 Å². The molecule has 6 heteroatoms. The quantitative estimate of drug-likeness (QED) is 0.803. The van der Waals surface area contributed by atoms with Gasteiger partial charge in [-0.3, -0.25) is 4.79 Å². The topological polar surface area (TPSA) is 62.2 Å². The lowest BCUT2D eigenvalue weighted by molar-refractivity contribution is -0.119. The van der Waals surface area contributed by atoms with Gasteiger partial charge in [-0.2, -0.15) is 0 Å². The molecule has 2 rings (SSSR count). The molecule has 1 aromatic carbocycles. The molecule has 0 spiro atoms. The van der Waals surface area contributed by atoms with Crippen LogP contribution in [0.3, 0.4) is 0 Å². The fraction of sp³-hybridized carbons (Fsp3) is 0.385. The van der Waals surface area contributed by atoms with Gasteiger partial charge in [-0.25, -0.2) is 4.98 Å². The number of carbonyl (C=O) groups is 1. The van der Waals surface area contributed by atoms with Crippen LogP contribution >= 0.6 is 23.1 Å². The third kappa shape index (κ3) is 3.92. The first-order valence-corrected chi connectivity index (χ1v) is 7.91. The second-order valence-electron chi connectivity index (χ2n) is 4.09. The van der Waals surface area contributed by atoms with Crippen molar-refractivity contribution in [3.05, 3.63) is 24.3 Å². The average Bonchev–Trinajstić information content (AvgIpc) is 2.85. The molecule has 2 aromatic rings. The lowest BCUT2D eigenvalue weighted by atomic mass is 10.2. The number of fused-ring (bicyclic) bond motifs is 1. The summed E-state index contributed by atoms with van der Waals surface area (Å²) >= 11 is 3.02. The number of aliphatic hydroxyl groups excluding tert-OH is 1. The zero-order valence-electron chi connectivity index (χ0n) is 10.6. The highest BCUT2D eigenvalue weighted by Crippen LogP contribution is 2.28. The number of para-hydroxylation sites is 1. The first-order valence-electron chi connectivity index (χ1n) is 6.11. The van der Waals surface area contributed by atoms with Crippen molar-refractivity contribution < 1.29 is 9.90 Å². The number of aromatic nitrogens is 1. The molecule has 0 radical (unpaired) electrons. The number of hydrogen-bond acceptors (Lipinski definition) is 5. The van der Waals surface area contributed by atoms with Gasteiger partial charge in [0.2, 0.25) is 5.91 Å². The molecule has 0 saturated heterocycles. The highest BCUT2D eigenvalue weighted by atomic mass is 32.2. The van der Waals surface area contributed by atoms with Crippen LogP contribution in [0.4, 0.5) is 0 Å². The van der Waals surface area contributed by atoms with E-state index in [1.807, 2.05) is 31.2 Å². The molecule has 0 unspecified atom stereocenters. The van der Waals surface area contributed by atoms with Gasteiger partial charge in [0.1, 0.15) is 0 Å². The van der Waals surface area contributed by atoms with Gasteiger partial charge >= 0.3 is 0 Å². The molecule has 102 valence electrons. The van der Waals surface area contributed by atoms with E-state index in [2.05, 4.69) is 10.3 Å². The van der Waals surface area contributed by atoms with Gasteiger partial charge in [-0.15, -0.1) is 11.3 Å². The Bertz CT molecular complexity index is 519. The summed E-state index contributed by atoms with van der Waals surface area (Å²) in [6.07, 6.45) is 0.730. The predicted molar refractivity (Wildman–Crippen MR) is 79.7 cm³/mol. The van der Waals surface area contributed by atoms with Crippen LogP contribution in [0.1, 0.15) is 13.3 Å². The van der Waals surface area contributed by atoms with Crippen LogP contribution in [0.25, 0.3) is 10.2 Å². The van der Waals surface area contributed by atoms with Gasteiger partial charge in [-0.1, -0.05) is 30.8 Å². The summed E-state index contributed by atoms with van der Waals surface area (Å²) in [6, 6.07) is 7.78. The number of nitrogens with zero attached hydrogens (tertiary/aromatic N) is 1. The van der Waals surface area contributed by atoms with Crippen molar-refractivity contribution in [2.45, 2.75) is 23.7 Å². The van der Waals surface area contributed by atoms with Gasteiger partial charge in [0.15, 0.2) is 4.34 Å². The van der Waals surface area contributed by atoms with E-state index in [0.29, 0.717) is 5.75 Å². The summed E-state index contributed by atoms with van der Waals surface area (Å²) in [7, 11) is 0. The van der Waals surface area contributed by atoms with Crippen molar-refractivity contribution in [1.82, 2.24) is 10.3 Å². The van der Waals surface area contributed by atoms with Crippen LogP contribution in [0.5, 0.6) is 0 Å². The number of thiazole rings is 1. The Morgan fingerprint density at radius 1 is 1.53 bits per heavy atom. The summed E-state index contributed by atoms with van der Waals surface area (Å²) < 4.78 is 2.03. The minimum absolute atomic E-state index is 0.0198. The van der Waals surface area contributed by atoms with Crippen molar-refractivity contribution in [2.75, 3.05) is 12.4 Å². The smallest absolute Gasteiger partial charge is 0.230 e. The van der Waals surface area contributed by atoms with Crippen LogP contribution < -0.4 is 5.32 Å². The molecule has 0 aliphatic carbocycles. The third-order valence-electron chi connectivity index (χ3n) is 2.68. The predicted octanol–water partition coefficient (Wildman–Crippen LogP) is 2.28. The fourth-order valence-electron chi connectivity index (χ4n) is 1.59. The molecule has 0 aliphatic rings. The van der Waals surface area contributed by atoms with Crippen LogP contribution in [0, 0.1) is 0 Å². The molecule has 19 heavy (non-hydrogen) atoms. The molecular formula is C13H16N2O2S2. The zero-order valence-corrected chi connectivity index (χ0v) is 12.3. The largest absolute Gasteiger partial charge is 0.394 e. The number of benzene rings is 1. The Morgan fingerprint density at radius 2 is 2.32 bits per heavy atom. The maximum atomic E-state index is 11.7. The zero-order chi connectivity index (χ0) is 13.7. The van der Waals surface area contributed by atoms with Crippen LogP contribution in [-0.2, 0) is 4.79 Å². The number of amides is 1. The molecule has 0 bridgehead atoms. The van der Waals surface area contributed by atoms with Crippen molar-refractivity contribution in [3.8, 4) is 0 Å². The standard InChI is InChI=1S/C13H16N2O2S2/c1-2-9(7-16)14-12(17)8-18-13-15-10-5-3-4-6-11(10)19-13/h3-6,9,16H,2,7-8H2,1H3,(H,14,17)/t9-/m0/s1. The van der Waals surface area contributed by atoms with E-state index >= 15 is 0 Å². The molecule has 1 heterocycles. The van der Waals surface area contributed by atoms with Gasteiger partial charge in [-0.05, 0) is 18.6 Å². The minimum Gasteiger partial charge on any atom is -0.394 e. The Morgan fingerprint density at radius 3 is 3.00 bits per heavy atom. The molecule has 2 N–H and O–H groups in total. The lowest BCUT2D eigenvalue weighted by Crippen LogP contribution is -2.37. The molecule has 1 aromatic heterocycles. The highest BCUT2D eigenvalue weighted by Gasteiger charge is 2.11.